The van der Waals surface area contributed by atoms with Gasteiger partial charge in [0.15, 0.2) is 5.96 Å². The van der Waals surface area contributed by atoms with E-state index in [2.05, 4.69) is 27.9 Å². The molecule has 0 saturated carbocycles. The third kappa shape index (κ3) is 7.09. The van der Waals surface area contributed by atoms with Crippen LogP contribution in [0.25, 0.3) is 5.69 Å². The number of hydrogen-bond acceptors (Lipinski definition) is 4. The number of hydrogen-bond donors (Lipinski definition) is 2. The van der Waals surface area contributed by atoms with Crippen LogP contribution in [0.2, 0.25) is 0 Å². The van der Waals surface area contributed by atoms with E-state index in [9.17, 15) is 0 Å². The minimum Gasteiger partial charge on any atom is -0.469 e. The maximum absolute atomic E-state index is 5.86. The number of para-hydroxylation sites is 1. The van der Waals surface area contributed by atoms with Gasteiger partial charge in [-0.15, -0.1) is 24.0 Å². The van der Waals surface area contributed by atoms with Gasteiger partial charge in [-0.2, -0.15) is 5.10 Å². The van der Waals surface area contributed by atoms with E-state index in [1.54, 1.807) is 6.26 Å². The predicted octanol–water partition coefficient (Wildman–Crippen LogP) is 4.24. The summed E-state index contributed by atoms with van der Waals surface area (Å²) in [6.07, 6.45) is 8.20. The Hall–Kier alpha value is -2.33. The van der Waals surface area contributed by atoms with Crippen molar-refractivity contribution >= 4 is 29.9 Å². The van der Waals surface area contributed by atoms with Crippen LogP contribution in [0.15, 0.2) is 64.3 Å². The number of aromatic nitrogens is 2. The van der Waals surface area contributed by atoms with Gasteiger partial charge in [0.1, 0.15) is 5.76 Å². The molecule has 8 heteroatoms. The van der Waals surface area contributed by atoms with Crippen LogP contribution in [-0.2, 0) is 17.7 Å². The lowest BCUT2D eigenvalue weighted by molar-refractivity contribution is 0.0194. The highest BCUT2D eigenvalue weighted by Gasteiger charge is 2.14. The Morgan fingerprint density at radius 3 is 2.81 bits per heavy atom. The maximum atomic E-state index is 5.86. The van der Waals surface area contributed by atoms with E-state index in [4.69, 9.17) is 14.1 Å². The third-order valence-corrected chi connectivity index (χ3v) is 5.38. The minimum absolute atomic E-state index is 0. The van der Waals surface area contributed by atoms with Gasteiger partial charge in [0.2, 0.25) is 0 Å². The molecule has 1 fully saturated rings. The molecule has 172 valence electrons. The summed E-state index contributed by atoms with van der Waals surface area (Å²) >= 11 is 0. The molecule has 1 saturated heterocycles. The highest BCUT2D eigenvalue weighted by Crippen LogP contribution is 2.15. The second-order valence-electron chi connectivity index (χ2n) is 7.82. The van der Waals surface area contributed by atoms with E-state index in [-0.39, 0.29) is 30.1 Å². The number of halogens is 1. The summed E-state index contributed by atoms with van der Waals surface area (Å²) in [5.41, 5.74) is 3.16. The van der Waals surface area contributed by atoms with E-state index < -0.39 is 0 Å². The largest absolute Gasteiger partial charge is 0.469 e. The predicted molar refractivity (Wildman–Crippen MR) is 137 cm³/mol. The fraction of sp³-hybridized carbons (Fsp3) is 0.417. The van der Waals surface area contributed by atoms with Gasteiger partial charge in [-0.25, -0.2) is 9.67 Å². The number of nitrogens with zero attached hydrogens (tertiary/aromatic N) is 3. The van der Waals surface area contributed by atoms with Gasteiger partial charge in [0.25, 0.3) is 0 Å². The number of ether oxygens (including phenoxy) is 1. The topological polar surface area (TPSA) is 76.6 Å². The van der Waals surface area contributed by atoms with Gasteiger partial charge in [0.05, 0.1) is 30.3 Å². The first-order chi connectivity index (χ1) is 15.3. The number of aryl methyl sites for hydroxylation is 1. The molecule has 2 aromatic heterocycles. The van der Waals surface area contributed by atoms with Gasteiger partial charge in [0, 0.05) is 32.3 Å². The van der Waals surface area contributed by atoms with Crippen LogP contribution in [0.3, 0.4) is 0 Å². The number of benzene rings is 1. The number of furan rings is 1. The van der Waals surface area contributed by atoms with Crippen LogP contribution < -0.4 is 10.6 Å². The zero-order valence-electron chi connectivity index (χ0n) is 18.5. The van der Waals surface area contributed by atoms with E-state index in [0.29, 0.717) is 6.54 Å². The number of aliphatic imine (C=N–C) groups is 1. The molecule has 0 radical (unpaired) electrons. The van der Waals surface area contributed by atoms with Gasteiger partial charge in [-0.05, 0) is 56.0 Å². The Morgan fingerprint density at radius 1 is 1.16 bits per heavy atom. The van der Waals surface area contributed by atoms with Gasteiger partial charge in [-0.3, -0.25) is 0 Å². The van der Waals surface area contributed by atoms with E-state index in [1.165, 1.54) is 6.42 Å². The molecule has 1 aliphatic heterocycles. The first-order valence-electron chi connectivity index (χ1n) is 11.0. The van der Waals surface area contributed by atoms with Crippen LogP contribution in [0.5, 0.6) is 0 Å². The zero-order valence-corrected chi connectivity index (χ0v) is 20.8. The average molecular weight is 549 g/mol. The Kier molecular flexibility index (Phi) is 9.61. The molecule has 1 atom stereocenters. The van der Waals surface area contributed by atoms with Crippen molar-refractivity contribution in [3.05, 3.63) is 71.9 Å². The molecule has 0 amide bonds. The van der Waals surface area contributed by atoms with Crippen molar-refractivity contribution in [2.24, 2.45) is 4.99 Å². The number of rotatable bonds is 8. The van der Waals surface area contributed by atoms with E-state index >= 15 is 0 Å². The van der Waals surface area contributed by atoms with Gasteiger partial charge < -0.3 is 19.8 Å². The van der Waals surface area contributed by atoms with Crippen molar-refractivity contribution in [1.29, 1.82) is 0 Å². The summed E-state index contributed by atoms with van der Waals surface area (Å²) in [7, 11) is 0. The normalized spacial score (nSPS) is 16.4. The summed E-state index contributed by atoms with van der Waals surface area (Å²) in [6.45, 7) is 4.89. The molecule has 1 aliphatic rings. The molecule has 3 heterocycles. The SMILES string of the molecule is Cc1ccn(-c2ccccc2CN=C(NCCc2ccco2)NCC2CCCCO2)n1.I. The van der Waals surface area contributed by atoms with Gasteiger partial charge in [-0.1, -0.05) is 18.2 Å². The summed E-state index contributed by atoms with van der Waals surface area (Å²) < 4.78 is 13.2. The summed E-state index contributed by atoms with van der Waals surface area (Å²) in [5, 5.41) is 11.5. The van der Waals surface area contributed by atoms with Crippen molar-refractivity contribution in [2.45, 2.75) is 45.3 Å². The Morgan fingerprint density at radius 2 is 2.06 bits per heavy atom. The molecule has 2 N–H and O–H groups in total. The molecule has 3 aromatic rings. The Balaban J connectivity index is 0.00000289. The molecule has 7 nitrogen and oxygen atoms in total. The maximum Gasteiger partial charge on any atom is 0.191 e. The molecule has 4 rings (SSSR count). The lowest BCUT2D eigenvalue weighted by Gasteiger charge is -2.24. The number of nitrogens with one attached hydrogen (secondary N) is 2. The average Bonchev–Trinajstić information content (AvgIpc) is 3.48. The Bertz CT molecular complexity index is 964. The highest BCUT2D eigenvalue weighted by atomic mass is 127. The lowest BCUT2D eigenvalue weighted by Crippen LogP contribution is -2.43. The molecule has 1 aromatic carbocycles. The standard InChI is InChI=1S/C24H31N5O2.HI/c1-19-12-14-29(28-19)23-10-3-2-7-20(23)17-26-24(25-13-11-21-9-6-16-30-21)27-18-22-8-4-5-15-31-22;/h2-3,6-7,9-10,12,14,16,22H,4-5,8,11,13,15,17-18H2,1H3,(H2,25,26,27);1H. The first kappa shape index (κ1) is 24.3. The fourth-order valence-electron chi connectivity index (χ4n) is 3.69. The second-order valence-corrected chi connectivity index (χ2v) is 7.82. The molecule has 32 heavy (non-hydrogen) atoms. The molecule has 0 spiro atoms. The van der Waals surface area contributed by atoms with Crippen LogP contribution in [0.4, 0.5) is 0 Å². The second kappa shape index (κ2) is 12.6. The monoisotopic (exact) mass is 549 g/mol. The van der Waals surface area contributed by atoms with E-state index in [0.717, 1.165) is 67.6 Å². The van der Waals surface area contributed by atoms with Crippen LogP contribution >= 0.6 is 24.0 Å². The van der Waals surface area contributed by atoms with Crippen LogP contribution in [0.1, 0.15) is 36.3 Å². The quantitative estimate of drug-likeness (QED) is 0.250. The van der Waals surface area contributed by atoms with Crippen LogP contribution in [-0.4, -0.2) is 41.5 Å². The van der Waals surface area contributed by atoms with Crippen LogP contribution in [0, 0.1) is 6.92 Å². The highest BCUT2D eigenvalue weighted by molar-refractivity contribution is 14.0. The van der Waals surface area contributed by atoms with E-state index in [1.807, 2.05) is 48.1 Å². The van der Waals surface area contributed by atoms with Crippen molar-refractivity contribution < 1.29 is 9.15 Å². The molecular weight excluding hydrogens is 517 g/mol. The fourth-order valence-corrected chi connectivity index (χ4v) is 3.69. The van der Waals surface area contributed by atoms with Crippen molar-refractivity contribution in [3.8, 4) is 5.69 Å². The minimum atomic E-state index is 0. The third-order valence-electron chi connectivity index (χ3n) is 5.38. The first-order valence-corrected chi connectivity index (χ1v) is 11.0. The molecule has 0 bridgehead atoms. The lowest BCUT2D eigenvalue weighted by atomic mass is 10.1. The molecule has 0 aliphatic carbocycles. The molecular formula is C24H32IN5O2. The zero-order chi connectivity index (χ0) is 21.3. The van der Waals surface area contributed by atoms with Gasteiger partial charge >= 0.3 is 0 Å². The summed E-state index contributed by atoms with van der Waals surface area (Å²) in [6, 6.07) is 14.2. The molecule has 1 unspecified atom stereocenters. The summed E-state index contributed by atoms with van der Waals surface area (Å²) in [5.74, 6) is 1.74. The number of guanidine groups is 1. The van der Waals surface area contributed by atoms with Crippen molar-refractivity contribution in [1.82, 2.24) is 20.4 Å². The van der Waals surface area contributed by atoms with Crippen molar-refractivity contribution in [2.75, 3.05) is 19.7 Å². The Labute approximate surface area is 206 Å². The van der Waals surface area contributed by atoms with Crippen molar-refractivity contribution in [3.63, 3.8) is 0 Å². The smallest absolute Gasteiger partial charge is 0.191 e. The summed E-state index contributed by atoms with van der Waals surface area (Å²) in [4.78, 5) is 4.86.